The van der Waals surface area contributed by atoms with Gasteiger partial charge in [-0.3, -0.25) is 4.79 Å². The summed E-state index contributed by atoms with van der Waals surface area (Å²) in [5, 5.41) is 3.56. The summed E-state index contributed by atoms with van der Waals surface area (Å²) in [5.41, 5.74) is 0.546. The van der Waals surface area contributed by atoms with Crippen LogP contribution in [0.5, 0.6) is 6.01 Å². The second kappa shape index (κ2) is 12.0. The second-order valence-corrected chi connectivity index (χ2v) is 11.4. The van der Waals surface area contributed by atoms with Crippen molar-refractivity contribution in [2.24, 2.45) is 0 Å². The van der Waals surface area contributed by atoms with Crippen LogP contribution in [0, 0.1) is 13.8 Å². The summed E-state index contributed by atoms with van der Waals surface area (Å²) in [5.74, 6) is 0.835. The van der Waals surface area contributed by atoms with Gasteiger partial charge in [0.25, 0.3) is 0 Å². The Morgan fingerprint density at radius 1 is 1.14 bits per heavy atom. The number of benzene rings is 1. The van der Waals surface area contributed by atoms with E-state index in [0.29, 0.717) is 59.9 Å². The molecular formula is C31H38F3N7O2. The molecule has 1 aromatic carbocycles. The first-order chi connectivity index (χ1) is 20.4. The largest absolute Gasteiger partial charge is 0.462 e. The van der Waals surface area contributed by atoms with Gasteiger partial charge in [0.1, 0.15) is 18.2 Å². The molecule has 4 heterocycles. The molecule has 9 nitrogen and oxygen atoms in total. The Kier molecular flexibility index (Phi) is 8.51. The predicted octanol–water partition coefficient (Wildman–Crippen LogP) is 5.07. The van der Waals surface area contributed by atoms with Crippen LogP contribution in [-0.4, -0.2) is 89.6 Å². The van der Waals surface area contributed by atoms with Gasteiger partial charge in [0, 0.05) is 49.7 Å². The topological polar surface area (TPSA) is 86.7 Å². The molecule has 5 rings (SSSR count). The number of anilines is 2. The van der Waals surface area contributed by atoms with E-state index in [1.54, 1.807) is 24.9 Å². The lowest BCUT2D eigenvalue weighted by atomic mass is 9.96. The predicted molar refractivity (Wildman–Crippen MR) is 162 cm³/mol. The molecule has 2 atom stereocenters. The fourth-order valence-corrected chi connectivity index (χ4v) is 6.10. The van der Waals surface area contributed by atoms with Gasteiger partial charge in [-0.05, 0) is 82.6 Å². The number of alkyl halides is 3. The SMILES string of the molecule is C=CC(=O)N1CCN(c2nc(OCC3CCCN3C)nc3cc(-c4nc(NC)cc(C)c4C(F)(F)F)c(C)cc23)C(C)C1. The minimum atomic E-state index is -4.60. The van der Waals surface area contributed by atoms with E-state index in [9.17, 15) is 18.0 Å². The van der Waals surface area contributed by atoms with Crippen LogP contribution in [0.25, 0.3) is 22.2 Å². The van der Waals surface area contributed by atoms with Crippen molar-refractivity contribution in [2.75, 3.05) is 57.1 Å². The maximum absolute atomic E-state index is 14.3. The monoisotopic (exact) mass is 597 g/mol. The fraction of sp³-hybridized carbons (Fsp3) is 0.484. The van der Waals surface area contributed by atoms with Crippen molar-refractivity contribution < 1.29 is 22.7 Å². The lowest BCUT2D eigenvalue weighted by molar-refractivity contribution is -0.137. The zero-order chi connectivity index (χ0) is 31.1. The van der Waals surface area contributed by atoms with E-state index in [4.69, 9.17) is 14.7 Å². The highest BCUT2D eigenvalue weighted by Gasteiger charge is 2.37. The van der Waals surface area contributed by atoms with E-state index >= 15 is 0 Å². The molecule has 0 aliphatic carbocycles. The molecule has 0 saturated carbocycles. The number of amides is 1. The summed E-state index contributed by atoms with van der Waals surface area (Å²) >= 11 is 0. The lowest BCUT2D eigenvalue weighted by Crippen LogP contribution is -2.53. The number of pyridine rings is 1. The summed E-state index contributed by atoms with van der Waals surface area (Å²) in [6, 6.07) is 5.19. The molecular weight excluding hydrogens is 559 g/mol. The first-order valence-corrected chi connectivity index (χ1v) is 14.5. The van der Waals surface area contributed by atoms with Gasteiger partial charge in [-0.15, -0.1) is 0 Å². The molecule has 2 unspecified atom stereocenters. The van der Waals surface area contributed by atoms with Crippen LogP contribution in [0.2, 0.25) is 0 Å². The van der Waals surface area contributed by atoms with E-state index in [2.05, 4.69) is 33.7 Å². The number of aromatic nitrogens is 3. The number of fused-ring (bicyclic) bond motifs is 1. The number of aryl methyl sites for hydroxylation is 2. The maximum Gasteiger partial charge on any atom is 0.418 e. The normalized spacial score (nSPS) is 19.6. The Hall–Kier alpha value is -3.93. The molecule has 43 heavy (non-hydrogen) atoms. The van der Waals surface area contributed by atoms with Crippen molar-refractivity contribution in [1.82, 2.24) is 24.8 Å². The molecule has 2 aromatic heterocycles. The number of nitrogens with one attached hydrogen (secondary N) is 1. The van der Waals surface area contributed by atoms with E-state index in [0.717, 1.165) is 19.4 Å². The van der Waals surface area contributed by atoms with Crippen LogP contribution in [0.15, 0.2) is 30.9 Å². The van der Waals surface area contributed by atoms with E-state index in [-0.39, 0.29) is 35.3 Å². The summed E-state index contributed by atoms with van der Waals surface area (Å²) in [6.07, 6.45) is -1.20. The average molecular weight is 598 g/mol. The van der Waals surface area contributed by atoms with Crippen molar-refractivity contribution in [1.29, 1.82) is 0 Å². The van der Waals surface area contributed by atoms with Crippen molar-refractivity contribution in [3.8, 4) is 17.3 Å². The van der Waals surface area contributed by atoms with Gasteiger partial charge in [0.15, 0.2) is 0 Å². The van der Waals surface area contributed by atoms with E-state index in [1.165, 1.54) is 19.1 Å². The van der Waals surface area contributed by atoms with E-state index in [1.807, 2.05) is 13.0 Å². The minimum Gasteiger partial charge on any atom is -0.462 e. The Bertz CT molecular complexity index is 1540. The van der Waals surface area contributed by atoms with Crippen LogP contribution in [0.4, 0.5) is 24.8 Å². The third-order valence-electron chi connectivity index (χ3n) is 8.47. The number of likely N-dealkylation sites (N-methyl/N-ethyl adjacent to an activating group) is 1. The number of piperazine rings is 1. The molecule has 1 amide bonds. The highest BCUT2D eigenvalue weighted by Crippen LogP contribution is 2.42. The lowest BCUT2D eigenvalue weighted by Gasteiger charge is -2.40. The zero-order valence-corrected chi connectivity index (χ0v) is 25.3. The quantitative estimate of drug-likeness (QED) is 0.378. The fourth-order valence-electron chi connectivity index (χ4n) is 6.10. The molecule has 2 fully saturated rings. The van der Waals surface area contributed by atoms with Gasteiger partial charge in [-0.2, -0.15) is 23.1 Å². The third-order valence-corrected chi connectivity index (χ3v) is 8.47. The van der Waals surface area contributed by atoms with Crippen LogP contribution < -0.4 is 15.0 Å². The van der Waals surface area contributed by atoms with Crippen LogP contribution in [-0.2, 0) is 11.0 Å². The summed E-state index contributed by atoms with van der Waals surface area (Å²) in [4.78, 5) is 32.3. The van der Waals surface area contributed by atoms with E-state index < -0.39 is 11.7 Å². The summed E-state index contributed by atoms with van der Waals surface area (Å²) in [6.45, 7) is 11.7. The van der Waals surface area contributed by atoms with Crippen LogP contribution in [0.1, 0.15) is 36.5 Å². The van der Waals surface area contributed by atoms with Gasteiger partial charge in [0.2, 0.25) is 5.91 Å². The van der Waals surface area contributed by atoms with Crippen molar-refractivity contribution in [3.05, 3.63) is 47.5 Å². The Balaban J connectivity index is 1.64. The number of nitrogens with zero attached hydrogens (tertiary/aromatic N) is 6. The molecule has 1 N–H and O–H groups in total. The van der Waals surface area contributed by atoms with Gasteiger partial charge < -0.3 is 24.8 Å². The molecule has 2 saturated heterocycles. The first kappa shape index (κ1) is 30.5. The van der Waals surface area contributed by atoms with Crippen molar-refractivity contribution in [3.63, 3.8) is 0 Å². The molecule has 0 spiro atoms. The molecule has 2 aliphatic heterocycles. The number of hydrogen-bond donors (Lipinski definition) is 1. The van der Waals surface area contributed by atoms with Gasteiger partial charge in [0.05, 0.1) is 16.8 Å². The molecule has 230 valence electrons. The number of rotatable bonds is 7. The minimum absolute atomic E-state index is 0.0789. The smallest absolute Gasteiger partial charge is 0.418 e. The number of carbonyl (C=O) groups is 1. The number of ether oxygens (including phenoxy) is 1. The number of likely N-dealkylation sites (tertiary alicyclic amines) is 1. The van der Waals surface area contributed by atoms with Gasteiger partial charge >= 0.3 is 12.2 Å². The Morgan fingerprint density at radius 3 is 2.53 bits per heavy atom. The van der Waals surface area contributed by atoms with Crippen molar-refractivity contribution in [2.45, 2.75) is 51.9 Å². The first-order valence-electron chi connectivity index (χ1n) is 14.5. The molecule has 0 bridgehead atoms. The second-order valence-electron chi connectivity index (χ2n) is 11.4. The third kappa shape index (κ3) is 6.11. The molecule has 3 aromatic rings. The van der Waals surface area contributed by atoms with Gasteiger partial charge in [-0.25, -0.2) is 4.98 Å². The molecule has 0 radical (unpaired) electrons. The van der Waals surface area contributed by atoms with Crippen molar-refractivity contribution >= 4 is 28.4 Å². The number of carbonyl (C=O) groups excluding carboxylic acids is 1. The van der Waals surface area contributed by atoms with Gasteiger partial charge in [-0.1, -0.05) is 6.58 Å². The zero-order valence-electron chi connectivity index (χ0n) is 25.3. The Morgan fingerprint density at radius 2 is 1.91 bits per heavy atom. The van der Waals surface area contributed by atoms with Crippen LogP contribution in [0.3, 0.4) is 0 Å². The number of hydrogen-bond acceptors (Lipinski definition) is 8. The molecule has 12 heteroatoms. The standard InChI is InChI=1S/C31H38F3N7O2/c1-7-26(42)40-11-12-41(20(4)16-40)29-23-13-18(2)22(28-27(31(32,33)34)19(3)14-25(35-5)37-28)15-24(23)36-30(38-29)43-17-21-9-8-10-39(21)6/h7,13-15,20-21H,1,8-12,16-17H2,2-6H3,(H,35,37). The number of halogens is 3. The summed E-state index contributed by atoms with van der Waals surface area (Å²) < 4.78 is 49.1. The van der Waals surface area contributed by atoms with Crippen LogP contribution >= 0.6 is 0 Å². The maximum atomic E-state index is 14.3. The highest BCUT2D eigenvalue weighted by molar-refractivity contribution is 5.95. The molecule has 2 aliphatic rings. The highest BCUT2D eigenvalue weighted by atomic mass is 19.4. The Labute approximate surface area is 249 Å². The average Bonchev–Trinajstić information content (AvgIpc) is 3.38. The summed E-state index contributed by atoms with van der Waals surface area (Å²) in [7, 11) is 3.68.